The number of nitrogens with zero attached hydrogens (tertiary/aromatic N) is 1. The standard InChI is InChI=1S/C11H12Cl2N2O5/c12-10(13)11(18)14-8(5-16)9(17)6-1-3-7(4-2-6)15(19)20/h1-4,8-10,16-17H,5H2,(H,14,18)/t8-,9+/m0/s1/i1D,2D,3D,4D,9D. The van der Waals surface area contributed by atoms with Crippen molar-refractivity contribution >= 4 is 34.8 Å². The lowest BCUT2D eigenvalue weighted by atomic mass is 10.0. The summed E-state index contributed by atoms with van der Waals surface area (Å²) in [4.78, 5) is 19.6. The summed E-state index contributed by atoms with van der Waals surface area (Å²) in [6, 6.07) is -6.16. The predicted molar refractivity (Wildman–Crippen MR) is 72.6 cm³/mol. The van der Waals surface area contributed by atoms with E-state index in [2.05, 4.69) is 0 Å². The van der Waals surface area contributed by atoms with Gasteiger partial charge in [-0.1, -0.05) is 23.2 Å². The van der Waals surface area contributed by atoms with E-state index in [1.807, 2.05) is 5.32 Å². The minimum Gasteiger partial charge on any atom is -0.394 e. The molecule has 9 heteroatoms. The summed E-state index contributed by atoms with van der Waals surface area (Å²) in [5.41, 5.74) is -2.10. The zero-order valence-electron chi connectivity index (χ0n) is 14.7. The second kappa shape index (κ2) is 7.39. The molecule has 0 fully saturated rings. The Balaban J connectivity index is 3.57. The molecule has 0 aromatic heterocycles. The molecule has 1 amide bonds. The summed E-state index contributed by atoms with van der Waals surface area (Å²) in [7, 11) is 0. The first-order chi connectivity index (χ1) is 11.4. The van der Waals surface area contributed by atoms with E-state index >= 15 is 0 Å². The van der Waals surface area contributed by atoms with Gasteiger partial charge >= 0.3 is 0 Å². The number of rotatable bonds is 6. The number of benzene rings is 1. The van der Waals surface area contributed by atoms with Gasteiger partial charge in [0.05, 0.1) is 24.4 Å². The third-order valence-electron chi connectivity index (χ3n) is 2.08. The molecule has 110 valence electrons. The first kappa shape index (κ1) is 10.3. The quantitative estimate of drug-likeness (QED) is 0.408. The molecule has 0 saturated carbocycles. The number of nitro benzene ring substituents is 1. The first-order valence-corrected chi connectivity index (χ1v) is 5.92. The van der Waals surface area contributed by atoms with E-state index in [4.69, 9.17) is 30.1 Å². The SMILES string of the molecule is [2H]c1c([2H])c([C@@]([2H])(O)[C@H](CO)NC(=O)C(Cl)Cl)c([2H])c([2H])c1[N+](=O)[O-]. The van der Waals surface area contributed by atoms with Gasteiger partial charge < -0.3 is 15.5 Å². The largest absolute Gasteiger partial charge is 0.394 e. The second-order valence-electron chi connectivity index (χ2n) is 3.41. The van der Waals surface area contributed by atoms with Crippen LogP contribution in [0.25, 0.3) is 0 Å². The first-order valence-electron chi connectivity index (χ1n) is 7.54. The molecular formula is C11H12Cl2N2O5. The number of nitrogens with one attached hydrogen (secondary N) is 1. The number of nitro groups is 1. The summed E-state index contributed by atoms with van der Waals surface area (Å²) >= 11 is 10.6. The van der Waals surface area contributed by atoms with E-state index in [0.717, 1.165) is 0 Å². The molecule has 0 aliphatic carbocycles. The molecule has 7 nitrogen and oxygen atoms in total. The highest BCUT2D eigenvalue weighted by molar-refractivity contribution is 6.53. The highest BCUT2D eigenvalue weighted by Gasteiger charge is 2.24. The van der Waals surface area contributed by atoms with Crippen LogP contribution < -0.4 is 5.32 Å². The van der Waals surface area contributed by atoms with Crippen LogP contribution in [0.2, 0.25) is 0 Å². The molecule has 0 radical (unpaired) electrons. The van der Waals surface area contributed by atoms with Crippen LogP contribution in [0.4, 0.5) is 5.69 Å². The van der Waals surface area contributed by atoms with E-state index in [-0.39, 0.29) is 0 Å². The Kier molecular flexibility index (Phi) is 3.82. The van der Waals surface area contributed by atoms with Crippen LogP contribution in [0.1, 0.15) is 18.5 Å². The molecule has 0 bridgehead atoms. The number of amides is 1. The van der Waals surface area contributed by atoms with Crippen molar-refractivity contribution in [3.63, 3.8) is 0 Å². The predicted octanol–water partition coefficient (Wildman–Crippen LogP) is 0.909. The molecule has 0 saturated heterocycles. The Bertz CT molecular complexity index is 690. The van der Waals surface area contributed by atoms with Crippen LogP contribution in [-0.2, 0) is 4.79 Å². The van der Waals surface area contributed by atoms with Gasteiger partial charge in [0.1, 0.15) is 6.08 Å². The smallest absolute Gasteiger partial charge is 0.269 e. The molecule has 0 spiro atoms. The van der Waals surface area contributed by atoms with Crippen molar-refractivity contribution in [2.24, 2.45) is 0 Å². The summed E-state index contributed by atoms with van der Waals surface area (Å²) in [5, 5.41) is 32.5. The van der Waals surface area contributed by atoms with Crippen molar-refractivity contribution in [3.05, 3.63) is 39.8 Å². The third-order valence-corrected chi connectivity index (χ3v) is 2.47. The van der Waals surface area contributed by atoms with Gasteiger partial charge in [-0.05, 0) is 17.6 Å². The lowest BCUT2D eigenvalue weighted by Crippen LogP contribution is -2.44. The average molecular weight is 328 g/mol. The van der Waals surface area contributed by atoms with Crippen molar-refractivity contribution < 1.29 is 26.8 Å². The number of hydrogen-bond acceptors (Lipinski definition) is 5. The topological polar surface area (TPSA) is 113 Å². The van der Waals surface area contributed by atoms with Crippen molar-refractivity contribution in [2.75, 3.05) is 6.61 Å². The Labute approximate surface area is 131 Å². The maximum atomic E-state index is 11.5. The van der Waals surface area contributed by atoms with Crippen LogP contribution in [0.5, 0.6) is 0 Å². The molecule has 20 heavy (non-hydrogen) atoms. The number of carbonyl (C=O) groups is 1. The van der Waals surface area contributed by atoms with E-state index in [1.165, 1.54) is 0 Å². The van der Waals surface area contributed by atoms with Crippen LogP contribution in [0, 0.1) is 10.1 Å². The van der Waals surface area contributed by atoms with Crippen molar-refractivity contribution in [3.8, 4) is 0 Å². The number of aliphatic hydroxyl groups is 2. The average Bonchev–Trinajstić information content (AvgIpc) is 2.49. The van der Waals surface area contributed by atoms with Gasteiger partial charge in [-0.2, -0.15) is 0 Å². The minimum atomic E-state index is -3.07. The Morgan fingerprint density at radius 3 is 2.45 bits per heavy atom. The number of alkyl halides is 2. The molecule has 0 heterocycles. The highest BCUT2D eigenvalue weighted by Crippen LogP contribution is 2.20. The van der Waals surface area contributed by atoms with E-state index in [1.54, 1.807) is 0 Å². The molecule has 3 N–H and O–H groups in total. The summed E-state index contributed by atoms with van der Waals surface area (Å²) in [6.07, 6.45) is -3.07. The fraction of sp³-hybridized carbons (Fsp3) is 0.364. The molecule has 0 unspecified atom stereocenters. The zero-order chi connectivity index (χ0) is 19.7. The normalized spacial score (nSPS) is 18.9. The van der Waals surface area contributed by atoms with Gasteiger partial charge in [0, 0.05) is 12.1 Å². The Morgan fingerprint density at radius 2 is 2.05 bits per heavy atom. The molecule has 2 atom stereocenters. The minimum absolute atomic E-state index is 0.965. The summed E-state index contributed by atoms with van der Waals surface area (Å²) in [6.45, 7) is -1.05. The van der Waals surface area contributed by atoms with E-state index < -0.39 is 69.8 Å². The van der Waals surface area contributed by atoms with Crippen LogP contribution in [0.15, 0.2) is 24.2 Å². The van der Waals surface area contributed by atoms with Gasteiger partial charge in [-0.15, -0.1) is 0 Å². The third kappa shape index (κ3) is 4.31. The monoisotopic (exact) mass is 327 g/mol. The Morgan fingerprint density at radius 1 is 1.50 bits per heavy atom. The number of hydrogen-bond donors (Lipinski definition) is 3. The Hall–Kier alpha value is -1.41. The van der Waals surface area contributed by atoms with Crippen LogP contribution >= 0.6 is 23.2 Å². The maximum absolute atomic E-state index is 11.5. The lowest BCUT2D eigenvalue weighted by Gasteiger charge is -2.22. The molecule has 1 rings (SSSR count). The highest BCUT2D eigenvalue weighted by atomic mass is 35.5. The fourth-order valence-electron chi connectivity index (χ4n) is 1.13. The van der Waals surface area contributed by atoms with Crippen LogP contribution in [0.3, 0.4) is 0 Å². The second-order valence-corrected chi connectivity index (χ2v) is 4.51. The van der Waals surface area contributed by atoms with Gasteiger partial charge in [-0.3, -0.25) is 14.9 Å². The van der Waals surface area contributed by atoms with Gasteiger partial charge in [0.15, 0.2) is 4.84 Å². The fourth-order valence-corrected chi connectivity index (χ4v) is 1.26. The number of aliphatic hydroxyl groups excluding tert-OH is 1. The number of halogens is 2. The van der Waals surface area contributed by atoms with E-state index in [0.29, 0.717) is 0 Å². The van der Waals surface area contributed by atoms with Crippen LogP contribution in [-0.4, -0.2) is 38.5 Å². The molecule has 1 aromatic rings. The molecule has 0 aliphatic heterocycles. The van der Waals surface area contributed by atoms with Crippen molar-refractivity contribution in [1.29, 1.82) is 0 Å². The molecular weight excluding hydrogens is 311 g/mol. The van der Waals surface area contributed by atoms with Gasteiger partial charge in [-0.25, -0.2) is 0 Å². The maximum Gasteiger partial charge on any atom is 0.269 e. The van der Waals surface area contributed by atoms with Crippen molar-refractivity contribution in [2.45, 2.75) is 17.0 Å². The van der Waals surface area contributed by atoms with E-state index in [9.17, 15) is 25.1 Å². The molecule has 0 aliphatic rings. The van der Waals surface area contributed by atoms with Gasteiger partial charge in [0.25, 0.3) is 11.6 Å². The van der Waals surface area contributed by atoms with Gasteiger partial charge in [0.2, 0.25) is 0 Å². The molecule has 1 aromatic carbocycles. The zero-order valence-corrected chi connectivity index (χ0v) is 11.2. The number of carbonyl (C=O) groups excluding carboxylic acids is 1. The summed E-state index contributed by atoms with van der Waals surface area (Å²) < 4.78 is 38.5. The van der Waals surface area contributed by atoms with Crippen molar-refractivity contribution in [1.82, 2.24) is 5.32 Å². The summed E-state index contributed by atoms with van der Waals surface area (Å²) in [5.74, 6) is -1.09. The lowest BCUT2D eigenvalue weighted by molar-refractivity contribution is -0.384.